The minimum atomic E-state index is -0.448. The van der Waals surface area contributed by atoms with Crippen LogP contribution < -0.4 is 4.74 Å². The summed E-state index contributed by atoms with van der Waals surface area (Å²) in [5, 5.41) is 0. The van der Waals surface area contributed by atoms with Gasteiger partial charge in [0.2, 0.25) is 0 Å². The Morgan fingerprint density at radius 1 is 1.44 bits per heavy atom. The Morgan fingerprint density at radius 2 is 2.25 bits per heavy atom. The number of benzene rings is 1. The van der Waals surface area contributed by atoms with Crippen LogP contribution in [0.4, 0.5) is 4.79 Å². The highest BCUT2D eigenvalue weighted by molar-refractivity contribution is 5.87. The van der Waals surface area contributed by atoms with Crippen LogP contribution in [0, 0.1) is 6.92 Å². The third-order valence-corrected chi connectivity index (χ3v) is 2.48. The number of carbonyl (C=O) groups excluding carboxylic acids is 2. The Hall–Kier alpha value is -1.84. The topological polar surface area (TPSA) is 46.6 Å². The third-order valence-electron chi connectivity index (χ3n) is 2.48. The predicted octanol–water partition coefficient (Wildman–Crippen LogP) is 1.77. The van der Waals surface area contributed by atoms with Gasteiger partial charge in [0.25, 0.3) is 0 Å². The van der Waals surface area contributed by atoms with Crippen molar-refractivity contribution in [2.24, 2.45) is 0 Å². The van der Waals surface area contributed by atoms with Crippen molar-refractivity contribution in [2.75, 3.05) is 13.1 Å². The van der Waals surface area contributed by atoms with Gasteiger partial charge >= 0.3 is 6.09 Å². The zero-order chi connectivity index (χ0) is 11.5. The monoisotopic (exact) mass is 219 g/mol. The summed E-state index contributed by atoms with van der Waals surface area (Å²) in [5.41, 5.74) is 1.03. The Labute approximate surface area is 93.8 Å². The van der Waals surface area contributed by atoms with Gasteiger partial charge in [-0.25, -0.2) is 4.79 Å². The predicted molar refractivity (Wildman–Crippen MR) is 58.4 cm³/mol. The van der Waals surface area contributed by atoms with E-state index in [4.69, 9.17) is 4.74 Å². The number of rotatable bonds is 1. The Bertz CT molecular complexity index is 428. The minimum absolute atomic E-state index is 0.0844. The van der Waals surface area contributed by atoms with E-state index in [0.717, 1.165) is 5.56 Å². The van der Waals surface area contributed by atoms with E-state index in [2.05, 4.69) is 0 Å². The van der Waals surface area contributed by atoms with Crippen LogP contribution in [0.3, 0.4) is 0 Å². The summed E-state index contributed by atoms with van der Waals surface area (Å²) in [5.74, 6) is 0.602. The second-order valence-electron chi connectivity index (χ2n) is 3.89. The van der Waals surface area contributed by atoms with Crippen molar-refractivity contribution in [3.8, 4) is 5.75 Å². The number of ether oxygens (including phenoxy) is 1. The van der Waals surface area contributed by atoms with Crippen LogP contribution in [0.1, 0.15) is 12.0 Å². The smallest absolute Gasteiger partial charge is 0.410 e. The second-order valence-corrected chi connectivity index (χ2v) is 3.89. The number of hydrogen-bond donors (Lipinski definition) is 0. The van der Waals surface area contributed by atoms with Crippen LogP contribution in [0.15, 0.2) is 24.3 Å². The molecular weight excluding hydrogens is 206 g/mol. The SMILES string of the molecule is Cc1cccc(OC(=O)N2CCC(=O)C2)c1. The summed E-state index contributed by atoms with van der Waals surface area (Å²) in [6.45, 7) is 2.56. The molecule has 0 unspecified atom stereocenters. The molecule has 1 saturated heterocycles. The van der Waals surface area contributed by atoms with Gasteiger partial charge in [0.1, 0.15) is 5.75 Å². The number of carbonyl (C=O) groups is 2. The number of aryl methyl sites for hydroxylation is 1. The number of amides is 1. The molecule has 1 fully saturated rings. The van der Waals surface area contributed by atoms with Crippen molar-refractivity contribution >= 4 is 11.9 Å². The molecule has 4 heteroatoms. The Balaban J connectivity index is 1.99. The van der Waals surface area contributed by atoms with Crippen LogP contribution in [0.2, 0.25) is 0 Å². The first kappa shape index (κ1) is 10.7. The average molecular weight is 219 g/mol. The summed E-state index contributed by atoms with van der Waals surface area (Å²) in [7, 11) is 0. The molecule has 1 heterocycles. The molecule has 1 aromatic carbocycles. The summed E-state index contributed by atoms with van der Waals surface area (Å²) >= 11 is 0. The quantitative estimate of drug-likeness (QED) is 0.723. The first-order chi connectivity index (χ1) is 7.65. The van der Waals surface area contributed by atoms with Crippen molar-refractivity contribution in [1.82, 2.24) is 4.90 Å². The zero-order valence-corrected chi connectivity index (χ0v) is 9.10. The van der Waals surface area contributed by atoms with Gasteiger partial charge in [0, 0.05) is 13.0 Å². The van der Waals surface area contributed by atoms with Gasteiger partial charge < -0.3 is 9.64 Å². The van der Waals surface area contributed by atoms with E-state index in [0.29, 0.717) is 18.7 Å². The first-order valence-corrected chi connectivity index (χ1v) is 5.20. The lowest BCUT2D eigenvalue weighted by Gasteiger charge is -2.14. The lowest BCUT2D eigenvalue weighted by atomic mass is 10.2. The van der Waals surface area contributed by atoms with Gasteiger partial charge in [-0.3, -0.25) is 4.79 Å². The van der Waals surface area contributed by atoms with Gasteiger partial charge in [-0.05, 0) is 24.6 Å². The van der Waals surface area contributed by atoms with Gasteiger partial charge in [0.05, 0.1) is 6.54 Å². The van der Waals surface area contributed by atoms with Crippen LogP contribution in [0.25, 0.3) is 0 Å². The molecule has 0 bridgehead atoms. The Kier molecular flexibility index (Phi) is 2.90. The number of likely N-dealkylation sites (tertiary alicyclic amines) is 1. The average Bonchev–Trinajstić information content (AvgIpc) is 2.65. The van der Waals surface area contributed by atoms with E-state index >= 15 is 0 Å². The highest BCUT2D eigenvalue weighted by atomic mass is 16.6. The molecule has 0 aromatic heterocycles. The Morgan fingerprint density at radius 3 is 2.88 bits per heavy atom. The lowest BCUT2D eigenvalue weighted by Crippen LogP contribution is -2.31. The summed E-state index contributed by atoms with van der Waals surface area (Å²) in [6, 6.07) is 7.27. The van der Waals surface area contributed by atoms with Crippen LogP contribution in [-0.2, 0) is 4.79 Å². The molecule has 84 valence electrons. The van der Waals surface area contributed by atoms with Gasteiger partial charge in [-0.15, -0.1) is 0 Å². The summed E-state index contributed by atoms with van der Waals surface area (Å²) < 4.78 is 5.16. The summed E-state index contributed by atoms with van der Waals surface area (Å²) in [4.78, 5) is 24.1. The molecule has 16 heavy (non-hydrogen) atoms. The molecule has 0 atom stereocenters. The molecule has 1 aliphatic rings. The van der Waals surface area contributed by atoms with Gasteiger partial charge in [-0.1, -0.05) is 12.1 Å². The molecular formula is C12H13NO3. The van der Waals surface area contributed by atoms with Crippen molar-refractivity contribution in [2.45, 2.75) is 13.3 Å². The van der Waals surface area contributed by atoms with E-state index < -0.39 is 6.09 Å². The maximum atomic E-state index is 11.6. The fourth-order valence-corrected chi connectivity index (χ4v) is 1.63. The number of hydrogen-bond acceptors (Lipinski definition) is 3. The van der Waals surface area contributed by atoms with Gasteiger partial charge in [-0.2, -0.15) is 0 Å². The molecule has 0 saturated carbocycles. The fraction of sp³-hybridized carbons (Fsp3) is 0.333. The zero-order valence-electron chi connectivity index (χ0n) is 9.10. The maximum absolute atomic E-state index is 11.6. The third kappa shape index (κ3) is 2.39. The van der Waals surface area contributed by atoms with Crippen molar-refractivity contribution < 1.29 is 14.3 Å². The van der Waals surface area contributed by atoms with Crippen molar-refractivity contribution in [3.05, 3.63) is 29.8 Å². The molecule has 1 amide bonds. The molecule has 1 aromatic rings. The molecule has 0 aliphatic carbocycles. The lowest BCUT2D eigenvalue weighted by molar-refractivity contribution is -0.116. The van der Waals surface area contributed by atoms with Crippen LogP contribution in [-0.4, -0.2) is 29.9 Å². The first-order valence-electron chi connectivity index (χ1n) is 5.20. The second kappa shape index (κ2) is 4.35. The van der Waals surface area contributed by atoms with E-state index in [1.165, 1.54) is 4.90 Å². The highest BCUT2D eigenvalue weighted by Gasteiger charge is 2.25. The normalized spacial score (nSPS) is 15.3. The molecule has 1 aliphatic heterocycles. The molecule has 4 nitrogen and oxygen atoms in total. The standard InChI is InChI=1S/C12H13NO3/c1-9-3-2-4-11(7-9)16-12(15)13-6-5-10(14)8-13/h2-4,7H,5-6,8H2,1H3. The van der Waals surface area contributed by atoms with Crippen LogP contribution in [0.5, 0.6) is 5.75 Å². The van der Waals surface area contributed by atoms with Crippen molar-refractivity contribution in [1.29, 1.82) is 0 Å². The summed E-state index contributed by atoms with van der Waals surface area (Å²) in [6.07, 6.45) is -0.0143. The molecule has 0 radical (unpaired) electrons. The largest absolute Gasteiger partial charge is 0.415 e. The highest BCUT2D eigenvalue weighted by Crippen LogP contribution is 2.15. The molecule has 0 N–H and O–H groups in total. The van der Waals surface area contributed by atoms with Crippen molar-refractivity contribution in [3.63, 3.8) is 0 Å². The fourth-order valence-electron chi connectivity index (χ4n) is 1.63. The van der Waals surface area contributed by atoms with E-state index in [-0.39, 0.29) is 12.3 Å². The molecule has 2 rings (SSSR count). The van der Waals surface area contributed by atoms with E-state index in [1.807, 2.05) is 19.1 Å². The van der Waals surface area contributed by atoms with E-state index in [9.17, 15) is 9.59 Å². The minimum Gasteiger partial charge on any atom is -0.410 e. The number of Topliss-reactive ketones (excluding diaryl/α,β-unsaturated/α-hetero) is 1. The van der Waals surface area contributed by atoms with Gasteiger partial charge in [0.15, 0.2) is 5.78 Å². The number of ketones is 1. The van der Waals surface area contributed by atoms with E-state index in [1.54, 1.807) is 12.1 Å². The van der Waals surface area contributed by atoms with Crippen LogP contribution >= 0.6 is 0 Å². The molecule has 0 spiro atoms. The maximum Gasteiger partial charge on any atom is 0.415 e. The number of nitrogens with zero attached hydrogens (tertiary/aromatic N) is 1.